The number of rotatable bonds is 9. The second-order valence-electron chi connectivity index (χ2n) is 9.00. The van der Waals surface area contributed by atoms with Gasteiger partial charge in [0.15, 0.2) is 0 Å². The SMILES string of the molecule is C=NC(=NC(=C)CN(C)c1cc(OCc2ccccc2)cc2ccccc12)OC[C@@H]1CCCN1C. The summed E-state index contributed by atoms with van der Waals surface area (Å²) in [5.74, 6) is 0.820. The number of likely N-dealkylation sites (tertiary alicyclic amines) is 1. The molecule has 3 aromatic carbocycles. The zero-order chi connectivity index (χ0) is 24.6. The molecule has 0 saturated carbocycles. The molecule has 1 aliphatic heterocycles. The summed E-state index contributed by atoms with van der Waals surface area (Å²) < 4.78 is 12.0. The first-order chi connectivity index (χ1) is 17.0. The van der Waals surface area contributed by atoms with Crippen molar-refractivity contribution in [2.24, 2.45) is 9.98 Å². The van der Waals surface area contributed by atoms with Crippen molar-refractivity contribution in [3.05, 3.63) is 84.6 Å². The van der Waals surface area contributed by atoms with Crippen LogP contribution in [-0.2, 0) is 11.3 Å². The zero-order valence-corrected chi connectivity index (χ0v) is 20.7. The van der Waals surface area contributed by atoms with Gasteiger partial charge in [-0.15, -0.1) is 0 Å². The van der Waals surface area contributed by atoms with E-state index in [1.165, 1.54) is 6.42 Å². The molecule has 0 unspecified atom stereocenters. The average Bonchev–Trinajstić information content (AvgIpc) is 3.29. The lowest BCUT2D eigenvalue weighted by atomic mass is 10.1. The molecule has 1 heterocycles. The fourth-order valence-corrected chi connectivity index (χ4v) is 4.41. The first-order valence-corrected chi connectivity index (χ1v) is 12.0. The molecule has 182 valence electrons. The molecule has 4 rings (SSSR count). The van der Waals surface area contributed by atoms with Gasteiger partial charge >= 0.3 is 6.02 Å². The minimum Gasteiger partial charge on any atom is -0.489 e. The van der Waals surface area contributed by atoms with Crippen LogP contribution >= 0.6 is 0 Å². The predicted octanol–water partition coefficient (Wildman–Crippen LogP) is 5.54. The molecule has 3 aromatic rings. The third-order valence-corrected chi connectivity index (χ3v) is 6.36. The lowest BCUT2D eigenvalue weighted by Crippen LogP contribution is -2.30. The third kappa shape index (κ3) is 6.49. The summed E-state index contributed by atoms with van der Waals surface area (Å²) in [4.78, 5) is 12.9. The van der Waals surface area contributed by atoms with E-state index in [2.05, 4.69) is 76.5 Å². The number of nitrogens with zero attached hydrogens (tertiary/aromatic N) is 4. The Labute approximate surface area is 208 Å². The van der Waals surface area contributed by atoms with Crippen molar-refractivity contribution in [1.29, 1.82) is 0 Å². The molecule has 1 fully saturated rings. The number of amidine groups is 1. The van der Waals surface area contributed by atoms with Gasteiger partial charge < -0.3 is 19.3 Å². The number of hydrogen-bond acceptors (Lipinski definition) is 5. The Morgan fingerprint density at radius 2 is 1.89 bits per heavy atom. The lowest BCUT2D eigenvalue weighted by Gasteiger charge is -2.23. The molecule has 1 atom stereocenters. The summed E-state index contributed by atoms with van der Waals surface area (Å²) in [6.45, 7) is 10.4. The van der Waals surface area contributed by atoms with Crippen molar-refractivity contribution >= 4 is 29.2 Å². The zero-order valence-electron chi connectivity index (χ0n) is 20.7. The van der Waals surface area contributed by atoms with Crippen molar-refractivity contribution in [1.82, 2.24) is 4.90 Å². The molecule has 0 aromatic heterocycles. The van der Waals surface area contributed by atoms with E-state index in [9.17, 15) is 0 Å². The number of likely N-dealkylation sites (N-methyl/N-ethyl adjacent to an activating group) is 2. The summed E-state index contributed by atoms with van der Waals surface area (Å²) in [6, 6.07) is 23.3. The monoisotopic (exact) mass is 470 g/mol. The minimum atomic E-state index is 0.272. The Balaban J connectivity index is 1.46. The molecule has 1 aliphatic rings. The Morgan fingerprint density at radius 1 is 1.11 bits per heavy atom. The Bertz CT molecular complexity index is 1190. The molecular weight excluding hydrogens is 436 g/mol. The predicted molar refractivity (Wildman–Crippen MR) is 146 cm³/mol. The smallest absolute Gasteiger partial charge is 0.316 e. The highest BCUT2D eigenvalue weighted by molar-refractivity contribution is 5.95. The van der Waals surface area contributed by atoms with Crippen LogP contribution in [0.25, 0.3) is 10.8 Å². The number of fused-ring (bicyclic) bond motifs is 1. The summed E-state index contributed by atoms with van der Waals surface area (Å²) >= 11 is 0. The highest BCUT2D eigenvalue weighted by Crippen LogP contribution is 2.32. The van der Waals surface area contributed by atoms with Crippen LogP contribution in [0, 0.1) is 0 Å². The van der Waals surface area contributed by atoms with Crippen LogP contribution in [0.2, 0.25) is 0 Å². The lowest BCUT2D eigenvalue weighted by molar-refractivity contribution is 0.188. The largest absolute Gasteiger partial charge is 0.489 e. The van der Waals surface area contributed by atoms with E-state index in [1.807, 2.05) is 37.4 Å². The second-order valence-corrected chi connectivity index (χ2v) is 9.00. The van der Waals surface area contributed by atoms with Crippen LogP contribution in [0.15, 0.2) is 89.0 Å². The third-order valence-electron chi connectivity index (χ3n) is 6.36. The van der Waals surface area contributed by atoms with Gasteiger partial charge in [-0.2, -0.15) is 4.99 Å². The molecule has 0 amide bonds. The molecule has 6 heteroatoms. The molecule has 0 radical (unpaired) electrons. The van der Waals surface area contributed by atoms with Crippen LogP contribution in [0.4, 0.5) is 5.69 Å². The maximum Gasteiger partial charge on any atom is 0.316 e. The van der Waals surface area contributed by atoms with E-state index in [0.29, 0.717) is 31.5 Å². The first kappa shape index (κ1) is 24.5. The van der Waals surface area contributed by atoms with E-state index in [1.54, 1.807) is 0 Å². The highest BCUT2D eigenvalue weighted by atomic mass is 16.5. The van der Waals surface area contributed by atoms with E-state index in [0.717, 1.165) is 40.7 Å². The first-order valence-electron chi connectivity index (χ1n) is 12.0. The normalized spacial score (nSPS) is 16.3. The molecule has 0 aliphatic carbocycles. The number of anilines is 1. The maximum absolute atomic E-state index is 6.14. The number of hydrogen-bond donors (Lipinski definition) is 0. The maximum atomic E-state index is 6.14. The quantitative estimate of drug-likeness (QED) is 0.305. The van der Waals surface area contributed by atoms with Gasteiger partial charge in [0.25, 0.3) is 0 Å². The Hall–Kier alpha value is -3.64. The fourth-order valence-electron chi connectivity index (χ4n) is 4.41. The number of benzene rings is 3. The van der Waals surface area contributed by atoms with Gasteiger partial charge in [0.2, 0.25) is 0 Å². The van der Waals surface area contributed by atoms with E-state index >= 15 is 0 Å². The highest BCUT2D eigenvalue weighted by Gasteiger charge is 2.21. The minimum absolute atomic E-state index is 0.272. The van der Waals surface area contributed by atoms with Gasteiger partial charge in [0.05, 0.1) is 12.2 Å². The van der Waals surface area contributed by atoms with Crippen molar-refractivity contribution in [3.8, 4) is 5.75 Å². The van der Waals surface area contributed by atoms with Crippen LogP contribution in [-0.4, -0.2) is 57.5 Å². The summed E-state index contributed by atoms with van der Waals surface area (Å²) in [6.07, 6.45) is 2.32. The molecule has 0 N–H and O–H groups in total. The van der Waals surface area contributed by atoms with Crippen LogP contribution < -0.4 is 9.64 Å². The van der Waals surface area contributed by atoms with Crippen molar-refractivity contribution < 1.29 is 9.47 Å². The molecule has 0 bridgehead atoms. The van der Waals surface area contributed by atoms with E-state index in [-0.39, 0.29) is 6.02 Å². The number of ether oxygens (including phenoxy) is 2. The van der Waals surface area contributed by atoms with Gasteiger partial charge in [-0.05, 0) is 50.2 Å². The van der Waals surface area contributed by atoms with E-state index < -0.39 is 0 Å². The molecule has 0 spiro atoms. The van der Waals surface area contributed by atoms with Crippen LogP contribution in [0.5, 0.6) is 5.75 Å². The molecule has 35 heavy (non-hydrogen) atoms. The van der Waals surface area contributed by atoms with E-state index in [4.69, 9.17) is 9.47 Å². The molecule has 1 saturated heterocycles. The van der Waals surface area contributed by atoms with Crippen molar-refractivity contribution in [3.63, 3.8) is 0 Å². The second kappa shape index (κ2) is 11.7. The Morgan fingerprint density at radius 3 is 2.63 bits per heavy atom. The topological polar surface area (TPSA) is 49.7 Å². The van der Waals surface area contributed by atoms with Gasteiger partial charge in [0.1, 0.15) is 19.0 Å². The summed E-state index contributed by atoms with van der Waals surface area (Å²) in [7, 11) is 4.15. The van der Waals surface area contributed by atoms with Gasteiger partial charge in [-0.1, -0.05) is 61.2 Å². The Kier molecular flexibility index (Phi) is 8.16. The van der Waals surface area contributed by atoms with Crippen LogP contribution in [0.3, 0.4) is 0 Å². The number of aliphatic imine (C=N–C) groups is 2. The van der Waals surface area contributed by atoms with Crippen LogP contribution in [0.1, 0.15) is 18.4 Å². The van der Waals surface area contributed by atoms with Gasteiger partial charge in [-0.3, -0.25) is 0 Å². The van der Waals surface area contributed by atoms with Gasteiger partial charge in [0, 0.05) is 30.2 Å². The summed E-state index contributed by atoms with van der Waals surface area (Å²) in [5.41, 5.74) is 2.82. The molecular formula is C29H34N4O2. The van der Waals surface area contributed by atoms with Crippen molar-refractivity contribution in [2.45, 2.75) is 25.5 Å². The fraction of sp³-hybridized carbons (Fsp3) is 0.310. The standard InChI is InChI=1S/C29H34N4O2/c1-22(31-29(30-2)35-21-25-14-10-16-32(25)3)19-33(4)28-18-26(17-24-13-8-9-15-27(24)28)34-20-23-11-6-5-7-12-23/h5-9,11-13,15,17-18,25H,1-2,10,14,16,19-21H2,3-4H3/t25-/m0/s1. The average molecular weight is 471 g/mol. The summed E-state index contributed by atoms with van der Waals surface area (Å²) in [5, 5.41) is 2.26. The van der Waals surface area contributed by atoms with Gasteiger partial charge in [-0.25, -0.2) is 4.99 Å². The molecule has 6 nitrogen and oxygen atoms in total. The van der Waals surface area contributed by atoms with Crippen molar-refractivity contribution in [2.75, 3.05) is 38.7 Å².